The van der Waals surface area contributed by atoms with Crippen molar-refractivity contribution in [1.82, 2.24) is 10.6 Å². The third-order valence-corrected chi connectivity index (χ3v) is 2.39. The standard InChI is InChI=1S/C12H22N2O2/c1-5-9(3)13-11(15)7-8-12(16)14-10(4)6-2/h7-10H,5-6H2,1-4H3,(H,13,15)(H,14,16)/b8-7-/t9-,10+. The topological polar surface area (TPSA) is 58.2 Å². The molecular weight excluding hydrogens is 204 g/mol. The zero-order valence-corrected chi connectivity index (χ0v) is 10.5. The second-order valence-electron chi connectivity index (χ2n) is 3.97. The summed E-state index contributed by atoms with van der Waals surface area (Å²) in [7, 11) is 0. The highest BCUT2D eigenvalue weighted by molar-refractivity contribution is 5.96. The summed E-state index contributed by atoms with van der Waals surface area (Å²) in [4.78, 5) is 22.6. The van der Waals surface area contributed by atoms with Crippen LogP contribution >= 0.6 is 0 Å². The maximum atomic E-state index is 11.3. The highest BCUT2D eigenvalue weighted by Gasteiger charge is 2.04. The van der Waals surface area contributed by atoms with E-state index in [0.717, 1.165) is 12.8 Å². The van der Waals surface area contributed by atoms with Gasteiger partial charge in [-0.2, -0.15) is 0 Å². The smallest absolute Gasteiger partial charge is 0.244 e. The summed E-state index contributed by atoms with van der Waals surface area (Å²) in [6.07, 6.45) is 4.28. The number of hydrogen-bond donors (Lipinski definition) is 2. The molecule has 0 fully saturated rings. The molecule has 0 saturated heterocycles. The highest BCUT2D eigenvalue weighted by Crippen LogP contribution is 1.90. The maximum Gasteiger partial charge on any atom is 0.244 e. The molecule has 0 radical (unpaired) electrons. The SMILES string of the molecule is CC[C@@H](C)NC(=O)/C=C\C(=O)N[C@@H](C)CC. The Morgan fingerprint density at radius 3 is 1.50 bits per heavy atom. The van der Waals surface area contributed by atoms with Crippen LogP contribution in [0.1, 0.15) is 40.5 Å². The van der Waals surface area contributed by atoms with Crippen molar-refractivity contribution < 1.29 is 9.59 Å². The van der Waals surface area contributed by atoms with Gasteiger partial charge in [0.1, 0.15) is 0 Å². The van der Waals surface area contributed by atoms with E-state index in [1.54, 1.807) is 0 Å². The minimum atomic E-state index is -0.228. The third-order valence-electron chi connectivity index (χ3n) is 2.39. The van der Waals surface area contributed by atoms with E-state index in [-0.39, 0.29) is 23.9 Å². The van der Waals surface area contributed by atoms with Gasteiger partial charge in [-0.3, -0.25) is 9.59 Å². The number of amides is 2. The Kier molecular flexibility index (Phi) is 7.25. The molecule has 0 unspecified atom stereocenters. The van der Waals surface area contributed by atoms with Crippen LogP contribution in [0.2, 0.25) is 0 Å². The van der Waals surface area contributed by atoms with E-state index in [4.69, 9.17) is 0 Å². The number of hydrogen-bond acceptors (Lipinski definition) is 2. The molecule has 0 spiro atoms. The zero-order chi connectivity index (χ0) is 12.6. The molecule has 0 aromatic carbocycles. The normalized spacial score (nSPS) is 14.5. The molecule has 92 valence electrons. The first kappa shape index (κ1) is 14.7. The molecule has 4 heteroatoms. The summed E-state index contributed by atoms with van der Waals surface area (Å²) >= 11 is 0. The Hall–Kier alpha value is -1.32. The van der Waals surface area contributed by atoms with Crippen molar-refractivity contribution in [3.05, 3.63) is 12.2 Å². The average molecular weight is 226 g/mol. The van der Waals surface area contributed by atoms with Gasteiger partial charge < -0.3 is 10.6 Å². The van der Waals surface area contributed by atoms with Gasteiger partial charge >= 0.3 is 0 Å². The van der Waals surface area contributed by atoms with Crippen LogP contribution in [0, 0.1) is 0 Å². The van der Waals surface area contributed by atoms with Crippen molar-refractivity contribution in [3.63, 3.8) is 0 Å². The van der Waals surface area contributed by atoms with Gasteiger partial charge in [0.05, 0.1) is 0 Å². The second kappa shape index (κ2) is 7.91. The van der Waals surface area contributed by atoms with Gasteiger partial charge in [-0.25, -0.2) is 0 Å². The van der Waals surface area contributed by atoms with Gasteiger partial charge in [0, 0.05) is 24.2 Å². The molecule has 0 aromatic heterocycles. The van der Waals surface area contributed by atoms with Crippen molar-refractivity contribution in [1.29, 1.82) is 0 Å². The molecule has 0 aliphatic heterocycles. The lowest BCUT2D eigenvalue weighted by molar-refractivity contribution is -0.119. The second-order valence-corrected chi connectivity index (χ2v) is 3.97. The molecule has 0 bridgehead atoms. The monoisotopic (exact) mass is 226 g/mol. The number of nitrogens with one attached hydrogen (secondary N) is 2. The van der Waals surface area contributed by atoms with E-state index in [1.807, 2.05) is 27.7 Å². The lowest BCUT2D eigenvalue weighted by Gasteiger charge is -2.09. The summed E-state index contributed by atoms with van der Waals surface area (Å²) in [5.74, 6) is -0.456. The molecule has 0 aromatic rings. The lowest BCUT2D eigenvalue weighted by atomic mass is 10.2. The fourth-order valence-electron chi connectivity index (χ4n) is 0.937. The largest absolute Gasteiger partial charge is 0.350 e. The summed E-state index contributed by atoms with van der Waals surface area (Å²) in [6, 6.07) is 0.268. The van der Waals surface area contributed by atoms with Crippen molar-refractivity contribution in [2.45, 2.75) is 52.6 Å². The molecule has 2 amide bonds. The van der Waals surface area contributed by atoms with Gasteiger partial charge in [-0.1, -0.05) is 13.8 Å². The predicted molar refractivity (Wildman–Crippen MR) is 64.9 cm³/mol. The Bertz CT molecular complexity index is 236. The number of carbonyl (C=O) groups excluding carboxylic acids is 2. The molecule has 16 heavy (non-hydrogen) atoms. The summed E-state index contributed by atoms with van der Waals surface area (Å²) < 4.78 is 0. The fourth-order valence-corrected chi connectivity index (χ4v) is 0.937. The predicted octanol–water partition coefficient (Wildman–Crippen LogP) is 1.37. The summed E-state index contributed by atoms with van der Waals surface area (Å²) in [5.41, 5.74) is 0. The van der Waals surface area contributed by atoms with Gasteiger partial charge in [0.25, 0.3) is 0 Å². The van der Waals surface area contributed by atoms with Crippen LogP contribution in [-0.4, -0.2) is 23.9 Å². The molecule has 2 atom stereocenters. The van der Waals surface area contributed by atoms with E-state index < -0.39 is 0 Å². The molecule has 2 N–H and O–H groups in total. The molecule has 0 aliphatic rings. The molecule has 0 heterocycles. The van der Waals surface area contributed by atoms with E-state index in [9.17, 15) is 9.59 Å². The van der Waals surface area contributed by atoms with E-state index in [0.29, 0.717) is 0 Å². The van der Waals surface area contributed by atoms with Gasteiger partial charge in [-0.15, -0.1) is 0 Å². The van der Waals surface area contributed by atoms with Crippen molar-refractivity contribution in [3.8, 4) is 0 Å². The molecule has 0 rings (SSSR count). The average Bonchev–Trinajstić information content (AvgIpc) is 2.26. The zero-order valence-electron chi connectivity index (χ0n) is 10.5. The first-order valence-electron chi connectivity index (χ1n) is 5.78. The maximum absolute atomic E-state index is 11.3. The Labute approximate surface area is 97.5 Å². The Morgan fingerprint density at radius 1 is 0.938 bits per heavy atom. The molecule has 0 saturated carbocycles. The third kappa shape index (κ3) is 7.04. The summed E-state index contributed by atoms with van der Waals surface area (Å²) in [6.45, 7) is 7.82. The lowest BCUT2D eigenvalue weighted by Crippen LogP contribution is -2.32. The van der Waals surface area contributed by atoms with Crippen LogP contribution < -0.4 is 10.6 Å². The van der Waals surface area contributed by atoms with Crippen LogP contribution in [-0.2, 0) is 9.59 Å². The Balaban J connectivity index is 3.98. The quantitative estimate of drug-likeness (QED) is 0.672. The van der Waals surface area contributed by atoms with Crippen LogP contribution in [0.25, 0.3) is 0 Å². The van der Waals surface area contributed by atoms with Crippen LogP contribution in [0.3, 0.4) is 0 Å². The summed E-state index contributed by atoms with van der Waals surface area (Å²) in [5, 5.41) is 5.49. The number of carbonyl (C=O) groups is 2. The highest BCUT2D eigenvalue weighted by atomic mass is 16.2. The van der Waals surface area contributed by atoms with E-state index in [2.05, 4.69) is 10.6 Å². The minimum absolute atomic E-state index is 0.134. The minimum Gasteiger partial charge on any atom is -0.350 e. The van der Waals surface area contributed by atoms with Gasteiger partial charge in [-0.05, 0) is 26.7 Å². The molecular formula is C12H22N2O2. The Morgan fingerprint density at radius 2 is 1.25 bits per heavy atom. The van der Waals surface area contributed by atoms with Crippen LogP contribution in [0.5, 0.6) is 0 Å². The van der Waals surface area contributed by atoms with Crippen molar-refractivity contribution in [2.75, 3.05) is 0 Å². The van der Waals surface area contributed by atoms with Gasteiger partial charge in [0.2, 0.25) is 11.8 Å². The first-order chi connectivity index (χ1) is 7.49. The van der Waals surface area contributed by atoms with E-state index >= 15 is 0 Å². The van der Waals surface area contributed by atoms with Crippen LogP contribution in [0.15, 0.2) is 12.2 Å². The first-order valence-corrected chi connectivity index (χ1v) is 5.78. The fraction of sp³-hybridized carbons (Fsp3) is 0.667. The molecule has 4 nitrogen and oxygen atoms in total. The van der Waals surface area contributed by atoms with Gasteiger partial charge in [0.15, 0.2) is 0 Å². The number of rotatable bonds is 6. The molecule has 0 aliphatic carbocycles. The van der Waals surface area contributed by atoms with Crippen molar-refractivity contribution in [2.24, 2.45) is 0 Å². The van der Waals surface area contributed by atoms with Crippen LogP contribution in [0.4, 0.5) is 0 Å². The van der Waals surface area contributed by atoms with Crippen molar-refractivity contribution >= 4 is 11.8 Å². The van der Waals surface area contributed by atoms with E-state index in [1.165, 1.54) is 12.2 Å².